The Morgan fingerprint density at radius 1 is 1.21 bits per heavy atom. The summed E-state index contributed by atoms with van der Waals surface area (Å²) in [7, 11) is 1.98. The molecule has 1 saturated heterocycles. The Labute approximate surface area is 116 Å². The van der Waals surface area contributed by atoms with Gasteiger partial charge in [-0.15, -0.1) is 0 Å². The molecule has 2 rings (SSSR count). The molecule has 1 unspecified atom stereocenters. The molecule has 1 aromatic rings. The average Bonchev–Trinajstić information content (AvgIpc) is 2.37. The minimum atomic E-state index is 0.325. The smallest absolute Gasteiger partial charge is 0.0826 e. The summed E-state index contributed by atoms with van der Waals surface area (Å²) in [5, 5.41) is 3.20. The van der Waals surface area contributed by atoms with Gasteiger partial charge in [0.05, 0.1) is 12.7 Å². The number of hydrogen-bond acceptors (Lipinski definition) is 3. The van der Waals surface area contributed by atoms with Crippen LogP contribution in [0.25, 0.3) is 0 Å². The Bertz CT molecular complexity index is 429. The van der Waals surface area contributed by atoms with Gasteiger partial charge < -0.3 is 10.1 Å². The third-order valence-electron chi connectivity index (χ3n) is 4.00. The number of likely N-dealkylation sites (N-methyl/N-ethyl adjacent to an activating group) is 1. The van der Waals surface area contributed by atoms with E-state index in [-0.39, 0.29) is 0 Å². The summed E-state index contributed by atoms with van der Waals surface area (Å²) in [6.07, 6.45) is 0.325. The van der Waals surface area contributed by atoms with Crippen LogP contribution < -0.4 is 5.32 Å². The molecule has 1 heterocycles. The summed E-state index contributed by atoms with van der Waals surface area (Å²) in [6, 6.07) is 4.64. The van der Waals surface area contributed by atoms with Gasteiger partial charge in [0.2, 0.25) is 0 Å². The normalized spacial score (nSPS) is 20.7. The highest BCUT2D eigenvalue weighted by molar-refractivity contribution is 5.36. The second-order valence-electron chi connectivity index (χ2n) is 5.65. The standard InChI is InChI=1S/C16H26N2O/c1-12-7-14(3)15(8-13(12)2)10-18-5-6-19-16(11-18)9-17-4/h7-8,16-17H,5-6,9-11H2,1-4H3. The van der Waals surface area contributed by atoms with E-state index in [2.05, 4.69) is 43.1 Å². The molecule has 1 N–H and O–H groups in total. The summed E-state index contributed by atoms with van der Waals surface area (Å²) < 4.78 is 5.76. The van der Waals surface area contributed by atoms with E-state index in [4.69, 9.17) is 4.74 Å². The first kappa shape index (κ1) is 14.5. The molecule has 19 heavy (non-hydrogen) atoms. The van der Waals surface area contributed by atoms with Crippen molar-refractivity contribution in [2.24, 2.45) is 0 Å². The van der Waals surface area contributed by atoms with Crippen LogP contribution in [-0.2, 0) is 11.3 Å². The zero-order valence-corrected chi connectivity index (χ0v) is 12.6. The first-order chi connectivity index (χ1) is 9.10. The lowest BCUT2D eigenvalue weighted by Crippen LogP contribution is -2.45. The average molecular weight is 262 g/mol. The van der Waals surface area contributed by atoms with Crippen molar-refractivity contribution < 1.29 is 4.74 Å². The van der Waals surface area contributed by atoms with Crippen molar-refractivity contribution in [2.75, 3.05) is 33.3 Å². The maximum Gasteiger partial charge on any atom is 0.0826 e. The summed E-state index contributed by atoms with van der Waals surface area (Å²) >= 11 is 0. The Kier molecular flexibility index (Phi) is 4.97. The monoisotopic (exact) mass is 262 g/mol. The first-order valence-electron chi connectivity index (χ1n) is 7.15. The Hall–Kier alpha value is -0.900. The van der Waals surface area contributed by atoms with E-state index in [1.165, 1.54) is 22.3 Å². The quantitative estimate of drug-likeness (QED) is 0.898. The van der Waals surface area contributed by atoms with Gasteiger partial charge in [-0.2, -0.15) is 0 Å². The van der Waals surface area contributed by atoms with Crippen LogP contribution >= 0.6 is 0 Å². The molecule has 0 amide bonds. The van der Waals surface area contributed by atoms with Gasteiger partial charge in [-0.3, -0.25) is 4.90 Å². The first-order valence-corrected chi connectivity index (χ1v) is 7.15. The van der Waals surface area contributed by atoms with E-state index < -0.39 is 0 Å². The lowest BCUT2D eigenvalue weighted by atomic mass is 10.0. The number of rotatable bonds is 4. The molecule has 1 fully saturated rings. The molecule has 0 aromatic heterocycles. The predicted octanol–water partition coefficient (Wildman–Crippen LogP) is 2.03. The molecule has 3 nitrogen and oxygen atoms in total. The minimum absolute atomic E-state index is 0.325. The summed E-state index contributed by atoms with van der Waals surface area (Å²) in [6.45, 7) is 11.5. The van der Waals surface area contributed by atoms with E-state index in [0.717, 1.165) is 32.8 Å². The molecule has 0 aliphatic carbocycles. The van der Waals surface area contributed by atoms with Gasteiger partial charge in [0, 0.05) is 26.2 Å². The van der Waals surface area contributed by atoms with Crippen LogP contribution in [0.3, 0.4) is 0 Å². The molecule has 3 heteroatoms. The number of nitrogens with zero attached hydrogens (tertiary/aromatic N) is 1. The van der Waals surface area contributed by atoms with Crippen LogP contribution in [0.4, 0.5) is 0 Å². The number of ether oxygens (including phenoxy) is 1. The largest absolute Gasteiger partial charge is 0.374 e. The molecule has 106 valence electrons. The SMILES string of the molecule is CNCC1CN(Cc2cc(C)c(C)cc2C)CCO1. The van der Waals surface area contributed by atoms with Crippen LogP contribution in [-0.4, -0.2) is 44.3 Å². The van der Waals surface area contributed by atoms with Gasteiger partial charge in [-0.05, 0) is 50.1 Å². The van der Waals surface area contributed by atoms with E-state index in [0.29, 0.717) is 6.10 Å². The van der Waals surface area contributed by atoms with Crippen molar-refractivity contribution in [3.05, 3.63) is 34.4 Å². The van der Waals surface area contributed by atoms with E-state index >= 15 is 0 Å². The van der Waals surface area contributed by atoms with Crippen molar-refractivity contribution in [3.63, 3.8) is 0 Å². The van der Waals surface area contributed by atoms with Crippen molar-refractivity contribution in [1.29, 1.82) is 0 Å². The van der Waals surface area contributed by atoms with E-state index in [1.54, 1.807) is 0 Å². The number of hydrogen-bond donors (Lipinski definition) is 1. The molecule has 0 radical (unpaired) electrons. The number of morpholine rings is 1. The van der Waals surface area contributed by atoms with Crippen molar-refractivity contribution >= 4 is 0 Å². The molecular weight excluding hydrogens is 236 g/mol. The highest BCUT2D eigenvalue weighted by Gasteiger charge is 2.20. The second kappa shape index (κ2) is 6.51. The molecule has 1 aliphatic heterocycles. The molecule has 0 spiro atoms. The van der Waals surface area contributed by atoms with Gasteiger partial charge in [0.15, 0.2) is 0 Å². The van der Waals surface area contributed by atoms with Gasteiger partial charge in [-0.25, -0.2) is 0 Å². The fraction of sp³-hybridized carbons (Fsp3) is 0.625. The molecule has 1 aromatic carbocycles. The predicted molar refractivity (Wildman–Crippen MR) is 79.6 cm³/mol. The minimum Gasteiger partial charge on any atom is -0.374 e. The number of aryl methyl sites for hydroxylation is 3. The molecule has 0 bridgehead atoms. The highest BCUT2D eigenvalue weighted by Crippen LogP contribution is 2.18. The highest BCUT2D eigenvalue weighted by atomic mass is 16.5. The van der Waals surface area contributed by atoms with E-state index in [9.17, 15) is 0 Å². The Morgan fingerprint density at radius 3 is 2.68 bits per heavy atom. The van der Waals surface area contributed by atoms with Gasteiger partial charge in [0.25, 0.3) is 0 Å². The Morgan fingerprint density at radius 2 is 1.95 bits per heavy atom. The fourth-order valence-electron chi connectivity index (χ4n) is 2.71. The van der Waals surface area contributed by atoms with E-state index in [1.807, 2.05) is 7.05 Å². The number of benzene rings is 1. The van der Waals surface area contributed by atoms with Gasteiger partial charge in [0.1, 0.15) is 0 Å². The zero-order chi connectivity index (χ0) is 13.8. The third-order valence-corrected chi connectivity index (χ3v) is 4.00. The van der Waals surface area contributed by atoms with Crippen LogP contribution in [0, 0.1) is 20.8 Å². The molecule has 0 saturated carbocycles. The zero-order valence-electron chi connectivity index (χ0n) is 12.6. The maximum absolute atomic E-state index is 5.76. The maximum atomic E-state index is 5.76. The van der Waals surface area contributed by atoms with Gasteiger partial charge >= 0.3 is 0 Å². The summed E-state index contributed by atoms with van der Waals surface area (Å²) in [5.41, 5.74) is 5.63. The van der Waals surface area contributed by atoms with Crippen molar-refractivity contribution in [1.82, 2.24) is 10.2 Å². The van der Waals surface area contributed by atoms with Gasteiger partial charge in [-0.1, -0.05) is 12.1 Å². The van der Waals surface area contributed by atoms with Crippen LogP contribution in [0.5, 0.6) is 0 Å². The lowest BCUT2D eigenvalue weighted by Gasteiger charge is -2.33. The fourth-order valence-corrected chi connectivity index (χ4v) is 2.71. The number of nitrogens with one attached hydrogen (secondary N) is 1. The molecular formula is C16H26N2O. The van der Waals surface area contributed by atoms with Crippen LogP contribution in [0.1, 0.15) is 22.3 Å². The van der Waals surface area contributed by atoms with Crippen molar-refractivity contribution in [3.8, 4) is 0 Å². The topological polar surface area (TPSA) is 24.5 Å². The lowest BCUT2D eigenvalue weighted by molar-refractivity contribution is -0.0291. The van der Waals surface area contributed by atoms with Crippen molar-refractivity contribution in [2.45, 2.75) is 33.4 Å². The van der Waals surface area contributed by atoms with Crippen LogP contribution in [0.2, 0.25) is 0 Å². The second-order valence-corrected chi connectivity index (χ2v) is 5.65. The molecule has 1 atom stereocenters. The third kappa shape index (κ3) is 3.78. The Balaban J connectivity index is 2.02. The molecule has 1 aliphatic rings. The summed E-state index contributed by atoms with van der Waals surface area (Å²) in [4.78, 5) is 2.50. The van der Waals surface area contributed by atoms with Crippen LogP contribution in [0.15, 0.2) is 12.1 Å². The summed E-state index contributed by atoms with van der Waals surface area (Å²) in [5.74, 6) is 0.